The Kier molecular flexibility index (Phi) is 3.16. The van der Waals surface area contributed by atoms with Crippen LogP contribution in [-0.4, -0.2) is 34.9 Å². The Hall–Kier alpha value is -1.16. The number of hydrogen-bond acceptors (Lipinski definition) is 1. The Morgan fingerprint density at radius 2 is 2.53 bits per heavy atom. The number of halogens is 1. The van der Waals surface area contributed by atoms with Crippen LogP contribution < -0.4 is 5.32 Å². The van der Waals surface area contributed by atoms with Crippen LogP contribution in [-0.2, 0) is 13.0 Å². The lowest BCUT2D eigenvalue weighted by Gasteiger charge is -2.27. The van der Waals surface area contributed by atoms with Crippen molar-refractivity contribution in [2.45, 2.75) is 13.0 Å². The first-order chi connectivity index (χ1) is 7.31. The second-order valence-corrected chi connectivity index (χ2v) is 3.95. The SMILES string of the molecule is O=C(NCCCl)N1CCc2[nH]ccc2C1. The fourth-order valence-electron chi connectivity index (χ4n) is 1.79. The number of hydrogen-bond donors (Lipinski definition) is 2. The van der Waals surface area contributed by atoms with E-state index in [9.17, 15) is 4.79 Å². The first-order valence-corrected chi connectivity index (χ1v) is 5.58. The number of urea groups is 1. The van der Waals surface area contributed by atoms with E-state index in [1.54, 1.807) is 0 Å². The first kappa shape index (κ1) is 10.4. The molecule has 2 heterocycles. The van der Waals surface area contributed by atoms with Gasteiger partial charge in [0.2, 0.25) is 0 Å². The van der Waals surface area contributed by atoms with Gasteiger partial charge < -0.3 is 15.2 Å². The van der Waals surface area contributed by atoms with Crippen molar-refractivity contribution < 1.29 is 4.79 Å². The van der Waals surface area contributed by atoms with Gasteiger partial charge in [0, 0.05) is 43.8 Å². The standard InChI is InChI=1S/C10H14ClN3O/c11-3-5-13-10(15)14-6-2-9-8(7-14)1-4-12-9/h1,4,12H,2-3,5-7H2,(H,13,15). The average Bonchev–Trinajstić information content (AvgIpc) is 2.72. The number of alkyl halides is 1. The maximum atomic E-state index is 11.6. The zero-order chi connectivity index (χ0) is 10.7. The van der Waals surface area contributed by atoms with Crippen molar-refractivity contribution in [1.82, 2.24) is 15.2 Å². The summed E-state index contributed by atoms with van der Waals surface area (Å²) in [4.78, 5) is 16.6. The van der Waals surface area contributed by atoms with Crippen LogP contribution in [0.4, 0.5) is 4.79 Å². The molecular formula is C10H14ClN3O. The zero-order valence-corrected chi connectivity index (χ0v) is 9.18. The Morgan fingerprint density at radius 3 is 3.33 bits per heavy atom. The van der Waals surface area contributed by atoms with Crippen molar-refractivity contribution in [3.63, 3.8) is 0 Å². The van der Waals surface area contributed by atoms with E-state index in [1.165, 1.54) is 11.3 Å². The average molecular weight is 228 g/mol. The summed E-state index contributed by atoms with van der Waals surface area (Å²) < 4.78 is 0. The minimum Gasteiger partial charge on any atom is -0.365 e. The molecule has 0 radical (unpaired) electrons. The molecule has 0 saturated heterocycles. The number of amides is 2. The van der Waals surface area contributed by atoms with Crippen LogP contribution in [0, 0.1) is 0 Å². The smallest absolute Gasteiger partial charge is 0.317 e. The maximum Gasteiger partial charge on any atom is 0.317 e. The number of nitrogens with one attached hydrogen (secondary N) is 2. The molecule has 0 unspecified atom stereocenters. The van der Waals surface area contributed by atoms with Gasteiger partial charge in [0.15, 0.2) is 0 Å². The van der Waals surface area contributed by atoms with Crippen LogP contribution in [0.25, 0.3) is 0 Å². The highest BCUT2D eigenvalue weighted by atomic mass is 35.5. The van der Waals surface area contributed by atoms with Gasteiger partial charge in [-0.1, -0.05) is 0 Å². The summed E-state index contributed by atoms with van der Waals surface area (Å²) in [5.74, 6) is 0.453. The Balaban J connectivity index is 1.94. The number of carbonyl (C=O) groups is 1. The van der Waals surface area contributed by atoms with E-state index in [4.69, 9.17) is 11.6 Å². The number of aromatic amines is 1. The second-order valence-electron chi connectivity index (χ2n) is 3.57. The van der Waals surface area contributed by atoms with Crippen LogP contribution >= 0.6 is 11.6 Å². The predicted octanol–water partition coefficient (Wildman–Crippen LogP) is 1.32. The quantitative estimate of drug-likeness (QED) is 0.736. The van der Waals surface area contributed by atoms with Gasteiger partial charge in [0.25, 0.3) is 0 Å². The van der Waals surface area contributed by atoms with Gasteiger partial charge in [0.1, 0.15) is 0 Å². The third-order valence-electron chi connectivity index (χ3n) is 2.58. The molecule has 0 spiro atoms. The van der Waals surface area contributed by atoms with E-state index in [2.05, 4.69) is 10.3 Å². The van der Waals surface area contributed by atoms with Crippen LogP contribution in [0.1, 0.15) is 11.3 Å². The number of fused-ring (bicyclic) bond motifs is 1. The highest BCUT2D eigenvalue weighted by molar-refractivity contribution is 6.18. The molecule has 1 aromatic heterocycles. The van der Waals surface area contributed by atoms with Gasteiger partial charge in [0.05, 0.1) is 0 Å². The van der Waals surface area contributed by atoms with Crippen molar-refractivity contribution in [3.05, 3.63) is 23.5 Å². The molecule has 2 amide bonds. The third-order valence-corrected chi connectivity index (χ3v) is 2.77. The number of H-pyrrole nitrogens is 1. The highest BCUT2D eigenvalue weighted by Gasteiger charge is 2.20. The summed E-state index contributed by atoms with van der Waals surface area (Å²) >= 11 is 5.51. The highest BCUT2D eigenvalue weighted by Crippen LogP contribution is 2.16. The Morgan fingerprint density at radius 1 is 1.67 bits per heavy atom. The van der Waals surface area contributed by atoms with E-state index in [-0.39, 0.29) is 6.03 Å². The van der Waals surface area contributed by atoms with Gasteiger partial charge in [-0.15, -0.1) is 11.6 Å². The lowest BCUT2D eigenvalue weighted by atomic mass is 10.1. The first-order valence-electron chi connectivity index (χ1n) is 5.05. The Labute approximate surface area is 93.6 Å². The van der Waals surface area contributed by atoms with Crippen LogP contribution in [0.2, 0.25) is 0 Å². The molecule has 1 aliphatic heterocycles. The van der Waals surface area contributed by atoms with Crippen molar-refractivity contribution in [2.24, 2.45) is 0 Å². The van der Waals surface area contributed by atoms with Crippen LogP contribution in [0.3, 0.4) is 0 Å². The molecule has 0 aliphatic carbocycles. The molecule has 4 nitrogen and oxygen atoms in total. The lowest BCUT2D eigenvalue weighted by Crippen LogP contribution is -2.43. The number of carbonyl (C=O) groups excluding carboxylic acids is 1. The van der Waals surface area contributed by atoms with Crippen LogP contribution in [0.15, 0.2) is 12.3 Å². The molecule has 15 heavy (non-hydrogen) atoms. The second kappa shape index (κ2) is 4.57. The summed E-state index contributed by atoms with van der Waals surface area (Å²) in [6.07, 6.45) is 2.82. The summed E-state index contributed by atoms with van der Waals surface area (Å²) in [5, 5.41) is 2.77. The largest absolute Gasteiger partial charge is 0.365 e. The number of aromatic nitrogens is 1. The summed E-state index contributed by atoms with van der Waals surface area (Å²) in [5.41, 5.74) is 2.46. The van der Waals surface area contributed by atoms with E-state index in [0.717, 1.165) is 13.0 Å². The van der Waals surface area contributed by atoms with Crippen molar-refractivity contribution >= 4 is 17.6 Å². The molecule has 2 N–H and O–H groups in total. The molecule has 0 aromatic carbocycles. The minimum absolute atomic E-state index is 0.0255. The molecule has 82 valence electrons. The fourth-order valence-corrected chi connectivity index (χ4v) is 1.88. The summed E-state index contributed by atoms with van der Waals surface area (Å²) in [7, 11) is 0. The van der Waals surface area contributed by atoms with E-state index in [1.807, 2.05) is 17.2 Å². The minimum atomic E-state index is -0.0255. The van der Waals surface area contributed by atoms with Gasteiger partial charge in [-0.25, -0.2) is 4.79 Å². The molecule has 0 fully saturated rings. The third kappa shape index (κ3) is 2.26. The normalized spacial score (nSPS) is 14.9. The predicted molar refractivity (Wildman–Crippen MR) is 59.0 cm³/mol. The molecule has 0 saturated carbocycles. The molecule has 0 bridgehead atoms. The zero-order valence-electron chi connectivity index (χ0n) is 8.42. The van der Waals surface area contributed by atoms with Crippen molar-refractivity contribution in [2.75, 3.05) is 19.0 Å². The topological polar surface area (TPSA) is 48.1 Å². The van der Waals surface area contributed by atoms with Gasteiger partial charge in [-0.05, 0) is 11.6 Å². The van der Waals surface area contributed by atoms with Crippen molar-refractivity contribution in [3.8, 4) is 0 Å². The van der Waals surface area contributed by atoms with Crippen LogP contribution in [0.5, 0.6) is 0 Å². The molecular weight excluding hydrogens is 214 g/mol. The molecule has 0 atom stereocenters. The maximum absolute atomic E-state index is 11.6. The Bertz CT molecular complexity index is 350. The van der Waals surface area contributed by atoms with Gasteiger partial charge in [-0.3, -0.25) is 0 Å². The van der Waals surface area contributed by atoms with Gasteiger partial charge in [-0.2, -0.15) is 0 Å². The van der Waals surface area contributed by atoms with Gasteiger partial charge >= 0.3 is 6.03 Å². The number of rotatable bonds is 2. The van der Waals surface area contributed by atoms with E-state index >= 15 is 0 Å². The molecule has 1 aromatic rings. The van der Waals surface area contributed by atoms with E-state index < -0.39 is 0 Å². The summed E-state index contributed by atoms with van der Waals surface area (Å²) in [6.45, 7) is 1.98. The fraction of sp³-hybridized carbons (Fsp3) is 0.500. The van der Waals surface area contributed by atoms with Crippen molar-refractivity contribution in [1.29, 1.82) is 0 Å². The molecule has 1 aliphatic rings. The monoisotopic (exact) mass is 227 g/mol. The number of nitrogens with zero attached hydrogens (tertiary/aromatic N) is 1. The lowest BCUT2D eigenvalue weighted by molar-refractivity contribution is 0.193. The molecule has 2 rings (SSSR count). The summed E-state index contributed by atoms with van der Waals surface area (Å²) in [6, 6.07) is 2.00. The molecule has 5 heteroatoms. The van der Waals surface area contributed by atoms with E-state index in [0.29, 0.717) is 19.0 Å².